The number of benzene rings is 1. The molecule has 1 saturated heterocycles. The maximum absolute atomic E-state index is 9.17. The maximum Gasteiger partial charge on any atom is 0.101 e. The van der Waals surface area contributed by atoms with Gasteiger partial charge >= 0.3 is 0 Å². The second-order valence-electron chi connectivity index (χ2n) is 4.69. The number of rotatable bonds is 1. The molecule has 90 valence electrons. The first kappa shape index (κ1) is 11.7. The summed E-state index contributed by atoms with van der Waals surface area (Å²) in [4.78, 5) is 4.60. The van der Waals surface area contributed by atoms with Crippen molar-refractivity contribution in [3.63, 3.8) is 0 Å². The number of likely N-dealkylation sites (N-methyl/N-ethyl adjacent to an activating group) is 1. The number of hydrogen-bond donors (Lipinski definition) is 1. The van der Waals surface area contributed by atoms with E-state index in [1.807, 2.05) is 12.1 Å². The highest BCUT2D eigenvalue weighted by molar-refractivity contribution is 5.65. The monoisotopic (exact) mass is 230 g/mol. The highest BCUT2D eigenvalue weighted by Crippen LogP contribution is 2.25. The van der Waals surface area contributed by atoms with Crippen LogP contribution < -0.4 is 10.6 Å². The fourth-order valence-corrected chi connectivity index (χ4v) is 2.39. The largest absolute Gasteiger partial charge is 0.399 e. The first-order valence-corrected chi connectivity index (χ1v) is 5.86. The van der Waals surface area contributed by atoms with Gasteiger partial charge in [0.1, 0.15) is 6.07 Å². The van der Waals surface area contributed by atoms with Gasteiger partial charge in [0.2, 0.25) is 0 Å². The Labute approximate surface area is 102 Å². The van der Waals surface area contributed by atoms with Gasteiger partial charge in [-0.15, -0.1) is 0 Å². The Morgan fingerprint density at radius 1 is 1.41 bits per heavy atom. The van der Waals surface area contributed by atoms with E-state index in [0.717, 1.165) is 25.3 Å². The summed E-state index contributed by atoms with van der Waals surface area (Å²) in [6.45, 7) is 5.19. The average molecular weight is 230 g/mol. The Kier molecular flexibility index (Phi) is 3.21. The van der Waals surface area contributed by atoms with Gasteiger partial charge in [0, 0.05) is 31.4 Å². The normalized spacial score (nSPS) is 21.2. The van der Waals surface area contributed by atoms with E-state index in [1.54, 1.807) is 6.07 Å². The van der Waals surface area contributed by atoms with Crippen LogP contribution in [0.1, 0.15) is 12.5 Å². The average Bonchev–Trinajstić information content (AvgIpc) is 2.30. The van der Waals surface area contributed by atoms with Crippen molar-refractivity contribution in [3.05, 3.63) is 23.8 Å². The molecule has 0 amide bonds. The van der Waals surface area contributed by atoms with E-state index in [4.69, 9.17) is 11.0 Å². The second kappa shape index (κ2) is 4.64. The van der Waals surface area contributed by atoms with Gasteiger partial charge < -0.3 is 15.5 Å². The maximum atomic E-state index is 9.17. The van der Waals surface area contributed by atoms with Crippen LogP contribution >= 0.6 is 0 Å². The fraction of sp³-hybridized carbons (Fsp3) is 0.462. The number of nitriles is 1. The van der Waals surface area contributed by atoms with E-state index in [1.165, 1.54) is 0 Å². The lowest BCUT2D eigenvalue weighted by atomic mass is 10.1. The SMILES string of the molecule is CC1CN(C)CCN1c1ccc(N)cc1C#N. The van der Waals surface area contributed by atoms with E-state index in [2.05, 4.69) is 29.8 Å². The molecule has 0 aromatic heterocycles. The number of nitrogen functional groups attached to an aromatic ring is 1. The van der Waals surface area contributed by atoms with E-state index in [9.17, 15) is 0 Å². The third-order valence-corrected chi connectivity index (χ3v) is 3.28. The molecule has 1 fully saturated rings. The van der Waals surface area contributed by atoms with Crippen molar-refractivity contribution in [2.24, 2.45) is 0 Å². The molecule has 0 spiro atoms. The molecule has 1 unspecified atom stereocenters. The molecular formula is C13H18N4. The first-order chi connectivity index (χ1) is 8.11. The smallest absolute Gasteiger partial charge is 0.101 e. The zero-order chi connectivity index (χ0) is 12.4. The van der Waals surface area contributed by atoms with Crippen LogP contribution in [0.2, 0.25) is 0 Å². The molecule has 1 atom stereocenters. The van der Waals surface area contributed by atoms with Crippen LogP contribution in [0.5, 0.6) is 0 Å². The van der Waals surface area contributed by atoms with E-state index in [-0.39, 0.29) is 0 Å². The Balaban J connectivity index is 2.31. The fourth-order valence-electron chi connectivity index (χ4n) is 2.39. The highest BCUT2D eigenvalue weighted by Gasteiger charge is 2.23. The number of nitrogens with zero attached hydrogens (tertiary/aromatic N) is 3. The minimum atomic E-state index is 0.421. The zero-order valence-corrected chi connectivity index (χ0v) is 10.3. The molecule has 1 aliphatic rings. The van der Waals surface area contributed by atoms with Crippen molar-refractivity contribution in [2.75, 3.05) is 37.3 Å². The molecule has 0 aliphatic carbocycles. The van der Waals surface area contributed by atoms with Crippen molar-refractivity contribution < 1.29 is 0 Å². The predicted molar refractivity (Wildman–Crippen MR) is 69.9 cm³/mol. The van der Waals surface area contributed by atoms with Gasteiger partial charge in [-0.3, -0.25) is 0 Å². The molecule has 0 saturated carbocycles. The molecule has 2 N–H and O–H groups in total. The molecule has 1 aromatic rings. The van der Waals surface area contributed by atoms with Gasteiger partial charge in [0.25, 0.3) is 0 Å². The summed E-state index contributed by atoms with van der Waals surface area (Å²) in [5.41, 5.74) is 8.03. The zero-order valence-electron chi connectivity index (χ0n) is 10.3. The quantitative estimate of drug-likeness (QED) is 0.738. The standard InChI is InChI=1S/C13H18N4/c1-10-9-16(2)5-6-17(10)13-4-3-12(15)7-11(13)8-14/h3-4,7,10H,5-6,9,15H2,1-2H3. The van der Waals surface area contributed by atoms with Crippen molar-refractivity contribution in [1.29, 1.82) is 5.26 Å². The third kappa shape index (κ3) is 2.34. The van der Waals surface area contributed by atoms with Gasteiger partial charge in [-0.25, -0.2) is 0 Å². The summed E-state index contributed by atoms with van der Waals surface area (Å²) < 4.78 is 0. The summed E-state index contributed by atoms with van der Waals surface area (Å²) in [5.74, 6) is 0. The molecule has 2 rings (SSSR count). The predicted octanol–water partition coefficient (Wildman–Crippen LogP) is 1.28. The van der Waals surface area contributed by atoms with Crippen LogP contribution in [0.4, 0.5) is 11.4 Å². The van der Waals surface area contributed by atoms with Crippen molar-refractivity contribution >= 4 is 11.4 Å². The van der Waals surface area contributed by atoms with Crippen molar-refractivity contribution in [1.82, 2.24) is 4.90 Å². The summed E-state index contributed by atoms with van der Waals surface area (Å²) in [7, 11) is 2.13. The molecule has 0 radical (unpaired) electrons. The third-order valence-electron chi connectivity index (χ3n) is 3.28. The molecule has 0 bridgehead atoms. The lowest BCUT2D eigenvalue weighted by molar-refractivity contribution is 0.275. The Hall–Kier alpha value is -1.73. The Morgan fingerprint density at radius 3 is 2.82 bits per heavy atom. The molecule has 1 aromatic carbocycles. The van der Waals surface area contributed by atoms with Gasteiger partial charge in [-0.2, -0.15) is 5.26 Å². The topological polar surface area (TPSA) is 56.3 Å². The van der Waals surface area contributed by atoms with E-state index in [0.29, 0.717) is 17.3 Å². The minimum absolute atomic E-state index is 0.421. The number of nitrogens with two attached hydrogens (primary N) is 1. The van der Waals surface area contributed by atoms with Gasteiger partial charge in [-0.05, 0) is 32.2 Å². The van der Waals surface area contributed by atoms with E-state index < -0.39 is 0 Å². The number of anilines is 2. The lowest BCUT2D eigenvalue weighted by Gasteiger charge is -2.40. The molecule has 1 heterocycles. The first-order valence-electron chi connectivity index (χ1n) is 5.86. The lowest BCUT2D eigenvalue weighted by Crippen LogP contribution is -2.50. The van der Waals surface area contributed by atoms with Crippen molar-refractivity contribution in [2.45, 2.75) is 13.0 Å². The van der Waals surface area contributed by atoms with Crippen LogP contribution in [-0.4, -0.2) is 37.6 Å². The van der Waals surface area contributed by atoms with Crippen molar-refractivity contribution in [3.8, 4) is 6.07 Å². The molecule has 4 heteroatoms. The number of piperazine rings is 1. The van der Waals surface area contributed by atoms with Gasteiger partial charge in [-0.1, -0.05) is 0 Å². The summed E-state index contributed by atoms with van der Waals surface area (Å²) in [6.07, 6.45) is 0. The van der Waals surface area contributed by atoms with Crippen LogP contribution in [0.3, 0.4) is 0 Å². The van der Waals surface area contributed by atoms with Crippen LogP contribution in [0, 0.1) is 11.3 Å². The summed E-state index contributed by atoms with van der Waals surface area (Å²) >= 11 is 0. The summed E-state index contributed by atoms with van der Waals surface area (Å²) in [5, 5.41) is 9.17. The molecule has 4 nitrogen and oxygen atoms in total. The number of hydrogen-bond acceptors (Lipinski definition) is 4. The molecule has 17 heavy (non-hydrogen) atoms. The minimum Gasteiger partial charge on any atom is -0.399 e. The molecule has 1 aliphatic heterocycles. The van der Waals surface area contributed by atoms with Gasteiger partial charge in [0.05, 0.1) is 11.3 Å². The van der Waals surface area contributed by atoms with Gasteiger partial charge in [0.15, 0.2) is 0 Å². The molecular weight excluding hydrogens is 212 g/mol. The Morgan fingerprint density at radius 2 is 2.18 bits per heavy atom. The van der Waals surface area contributed by atoms with E-state index >= 15 is 0 Å². The van der Waals surface area contributed by atoms with Crippen LogP contribution in [-0.2, 0) is 0 Å². The highest BCUT2D eigenvalue weighted by atomic mass is 15.3. The second-order valence-corrected chi connectivity index (χ2v) is 4.69. The Bertz CT molecular complexity index is 449. The van der Waals surface area contributed by atoms with Crippen LogP contribution in [0.15, 0.2) is 18.2 Å². The van der Waals surface area contributed by atoms with Crippen LogP contribution in [0.25, 0.3) is 0 Å². The summed E-state index contributed by atoms with van der Waals surface area (Å²) in [6, 6.07) is 8.22.